The van der Waals surface area contributed by atoms with Crippen molar-refractivity contribution in [3.05, 3.63) is 27.1 Å². The van der Waals surface area contributed by atoms with E-state index in [9.17, 15) is 4.79 Å². The molecule has 2 heterocycles. The Hall–Kier alpha value is -0.820. The minimum atomic E-state index is -0.536. The number of ether oxygens (including phenoxy) is 1. The van der Waals surface area contributed by atoms with Gasteiger partial charge in [0.2, 0.25) is 0 Å². The Morgan fingerprint density at radius 2 is 2.17 bits per heavy atom. The Labute approximate surface area is 123 Å². The van der Waals surface area contributed by atoms with E-state index in [0.29, 0.717) is 10.7 Å². The summed E-state index contributed by atoms with van der Waals surface area (Å²) in [5, 5.41) is 1.39. The van der Waals surface area contributed by atoms with E-state index >= 15 is 0 Å². The first-order chi connectivity index (χ1) is 8.28. The first-order valence-corrected chi connectivity index (χ1v) is 6.79. The molecule has 2 rings (SSSR count). The summed E-state index contributed by atoms with van der Waals surface area (Å²) in [6.45, 7) is 5.48. The lowest BCUT2D eigenvalue weighted by Gasteiger charge is -2.19. The van der Waals surface area contributed by atoms with Gasteiger partial charge in [0.15, 0.2) is 5.65 Å². The molecule has 0 radical (unpaired) electrons. The monoisotopic (exact) mass is 378 g/mol. The highest BCUT2D eigenvalue weighted by Gasteiger charge is 2.20. The van der Waals surface area contributed by atoms with Crippen molar-refractivity contribution < 1.29 is 9.53 Å². The van der Waals surface area contributed by atoms with Gasteiger partial charge >= 0.3 is 6.09 Å². The summed E-state index contributed by atoms with van der Waals surface area (Å²) in [6.07, 6.45) is 2.77. The summed E-state index contributed by atoms with van der Waals surface area (Å²) in [5.41, 5.74) is 0.0176. The molecule has 0 aliphatic heterocycles. The number of carbonyl (C=O) groups is 1. The molecule has 2 aromatic heterocycles. The van der Waals surface area contributed by atoms with Crippen molar-refractivity contribution >= 4 is 51.3 Å². The summed E-state index contributed by atoms with van der Waals surface area (Å²) in [4.78, 5) is 16.2. The zero-order valence-electron chi connectivity index (χ0n) is 10.2. The van der Waals surface area contributed by atoms with Crippen LogP contribution in [0.15, 0.2) is 18.5 Å². The van der Waals surface area contributed by atoms with Crippen LogP contribution in [0.4, 0.5) is 4.79 Å². The van der Waals surface area contributed by atoms with E-state index < -0.39 is 11.7 Å². The number of hydrogen-bond acceptors (Lipinski definition) is 3. The van der Waals surface area contributed by atoms with Crippen LogP contribution in [0, 0.1) is 3.57 Å². The first kappa shape index (κ1) is 13.6. The van der Waals surface area contributed by atoms with Crippen LogP contribution >= 0.6 is 34.2 Å². The average Bonchev–Trinajstić information content (AvgIpc) is 2.54. The highest BCUT2D eigenvalue weighted by atomic mass is 127. The SMILES string of the molecule is CC(C)(C)OC(=O)n1cc(I)c2cc(Cl)cnc21. The van der Waals surface area contributed by atoms with E-state index in [1.165, 1.54) is 10.8 Å². The number of pyridine rings is 1. The average molecular weight is 379 g/mol. The molecule has 0 N–H and O–H groups in total. The minimum absolute atomic E-state index is 0.440. The van der Waals surface area contributed by atoms with Crippen LogP contribution < -0.4 is 0 Å². The van der Waals surface area contributed by atoms with E-state index in [1.807, 2.05) is 20.8 Å². The van der Waals surface area contributed by atoms with Gasteiger partial charge in [-0.3, -0.25) is 0 Å². The molecule has 96 valence electrons. The zero-order valence-corrected chi connectivity index (χ0v) is 13.1. The molecule has 0 saturated heterocycles. The number of aromatic nitrogens is 2. The Balaban J connectivity index is 2.49. The van der Waals surface area contributed by atoms with Crippen molar-refractivity contribution in [2.75, 3.05) is 0 Å². The van der Waals surface area contributed by atoms with E-state index in [2.05, 4.69) is 27.6 Å². The Kier molecular flexibility index (Phi) is 3.55. The van der Waals surface area contributed by atoms with Crippen molar-refractivity contribution in [1.29, 1.82) is 0 Å². The number of nitrogens with zero attached hydrogens (tertiary/aromatic N) is 2. The van der Waals surface area contributed by atoms with Gasteiger partial charge in [-0.25, -0.2) is 14.3 Å². The van der Waals surface area contributed by atoms with Gasteiger partial charge in [0, 0.05) is 21.4 Å². The lowest BCUT2D eigenvalue weighted by Crippen LogP contribution is -2.26. The zero-order chi connectivity index (χ0) is 13.5. The summed E-state index contributed by atoms with van der Waals surface area (Å²) in [6, 6.07) is 1.78. The molecule has 0 bridgehead atoms. The molecule has 0 unspecified atom stereocenters. The van der Waals surface area contributed by atoms with Crippen LogP contribution in [-0.2, 0) is 4.74 Å². The van der Waals surface area contributed by atoms with Gasteiger partial charge in [-0.2, -0.15) is 0 Å². The Morgan fingerprint density at radius 1 is 1.50 bits per heavy atom. The van der Waals surface area contributed by atoms with Gasteiger partial charge in [-0.05, 0) is 49.4 Å². The summed E-state index contributed by atoms with van der Waals surface area (Å²) >= 11 is 8.03. The molecule has 0 aliphatic carbocycles. The standard InChI is InChI=1S/C12H12ClIN2O2/c1-12(2,3)18-11(17)16-6-9(14)8-4-7(13)5-15-10(8)16/h4-6H,1-3H3. The molecule has 2 aromatic rings. The second-order valence-corrected chi connectivity index (χ2v) is 6.45. The Morgan fingerprint density at radius 3 is 2.78 bits per heavy atom. The van der Waals surface area contributed by atoms with Gasteiger partial charge in [0.1, 0.15) is 5.60 Å². The quantitative estimate of drug-likeness (QED) is 0.649. The minimum Gasteiger partial charge on any atom is -0.443 e. The van der Waals surface area contributed by atoms with Crippen molar-refractivity contribution in [3.63, 3.8) is 0 Å². The molecular weight excluding hydrogens is 367 g/mol. The van der Waals surface area contributed by atoms with Crippen LogP contribution in [0.1, 0.15) is 20.8 Å². The van der Waals surface area contributed by atoms with Crippen LogP contribution in [0.3, 0.4) is 0 Å². The molecule has 0 saturated carbocycles. The largest absolute Gasteiger partial charge is 0.443 e. The lowest BCUT2D eigenvalue weighted by atomic mass is 10.2. The van der Waals surface area contributed by atoms with Gasteiger partial charge in [0.05, 0.1) is 5.02 Å². The molecule has 0 atom stereocenters. The third-order valence-electron chi connectivity index (χ3n) is 2.15. The Bertz CT molecular complexity index is 616. The second-order valence-electron chi connectivity index (χ2n) is 4.85. The van der Waals surface area contributed by atoms with Crippen molar-refractivity contribution in [2.45, 2.75) is 26.4 Å². The smallest absolute Gasteiger partial charge is 0.420 e. The van der Waals surface area contributed by atoms with E-state index in [1.54, 1.807) is 12.3 Å². The fraction of sp³-hybridized carbons (Fsp3) is 0.333. The van der Waals surface area contributed by atoms with E-state index in [4.69, 9.17) is 16.3 Å². The molecule has 6 heteroatoms. The van der Waals surface area contributed by atoms with Crippen LogP contribution in [0.2, 0.25) is 5.02 Å². The lowest BCUT2D eigenvalue weighted by molar-refractivity contribution is 0.0543. The maximum atomic E-state index is 12.0. The van der Waals surface area contributed by atoms with Crippen molar-refractivity contribution in [2.24, 2.45) is 0 Å². The maximum Gasteiger partial charge on any atom is 0.420 e. The highest BCUT2D eigenvalue weighted by molar-refractivity contribution is 14.1. The summed E-state index contributed by atoms with van der Waals surface area (Å²) in [5.74, 6) is 0. The van der Waals surface area contributed by atoms with Gasteiger partial charge in [0.25, 0.3) is 0 Å². The number of rotatable bonds is 0. The summed E-state index contributed by atoms with van der Waals surface area (Å²) in [7, 11) is 0. The number of fused-ring (bicyclic) bond motifs is 1. The molecule has 0 aliphatic rings. The summed E-state index contributed by atoms with van der Waals surface area (Å²) < 4.78 is 7.63. The molecular formula is C12H12ClIN2O2. The predicted octanol–water partition coefficient (Wildman–Crippen LogP) is 4.08. The molecule has 4 nitrogen and oxygen atoms in total. The van der Waals surface area contributed by atoms with E-state index in [-0.39, 0.29) is 0 Å². The highest BCUT2D eigenvalue weighted by Crippen LogP contribution is 2.25. The predicted molar refractivity (Wildman–Crippen MR) is 79.1 cm³/mol. The topological polar surface area (TPSA) is 44.1 Å². The third kappa shape index (κ3) is 2.77. The molecule has 18 heavy (non-hydrogen) atoms. The van der Waals surface area contributed by atoms with Gasteiger partial charge in [-0.1, -0.05) is 11.6 Å². The molecule has 0 amide bonds. The van der Waals surface area contributed by atoms with Crippen LogP contribution in [0.25, 0.3) is 11.0 Å². The first-order valence-electron chi connectivity index (χ1n) is 5.33. The molecule has 0 spiro atoms. The second kappa shape index (κ2) is 4.70. The van der Waals surface area contributed by atoms with Crippen molar-refractivity contribution in [1.82, 2.24) is 9.55 Å². The maximum absolute atomic E-state index is 12.0. The van der Waals surface area contributed by atoms with E-state index in [0.717, 1.165) is 8.96 Å². The molecule has 0 aromatic carbocycles. The fourth-order valence-electron chi connectivity index (χ4n) is 1.49. The van der Waals surface area contributed by atoms with Gasteiger partial charge < -0.3 is 4.74 Å². The van der Waals surface area contributed by atoms with Crippen molar-refractivity contribution in [3.8, 4) is 0 Å². The van der Waals surface area contributed by atoms with Crippen LogP contribution in [0.5, 0.6) is 0 Å². The van der Waals surface area contributed by atoms with Gasteiger partial charge in [-0.15, -0.1) is 0 Å². The van der Waals surface area contributed by atoms with Crippen LogP contribution in [-0.4, -0.2) is 21.2 Å². The molecule has 0 fully saturated rings. The fourth-order valence-corrected chi connectivity index (χ4v) is 2.33. The number of hydrogen-bond donors (Lipinski definition) is 0. The third-order valence-corrected chi connectivity index (χ3v) is 3.22. The number of carbonyl (C=O) groups excluding carboxylic acids is 1. The number of halogens is 2. The normalized spacial score (nSPS) is 11.8.